The molecule has 2 nitrogen and oxygen atoms in total. The van der Waals surface area contributed by atoms with Gasteiger partial charge in [0.25, 0.3) is 0 Å². The fourth-order valence-electron chi connectivity index (χ4n) is 0.794. The molecule has 0 spiro atoms. The molecule has 1 rings (SSSR count). The standard InChI is InChI=1S/C8H7ClO2.B6/c1-5-2-3-6(8(10)11)7(9)4-5;1-5(2)6(3)4/h2-4H,1H3,(H,10,11);. The fourth-order valence-corrected chi connectivity index (χ4v) is 1.11. The van der Waals surface area contributed by atoms with Crippen molar-refractivity contribution in [3.8, 4) is 0 Å². The summed E-state index contributed by atoms with van der Waals surface area (Å²) >= 11 is 5.64. The van der Waals surface area contributed by atoms with Gasteiger partial charge in [0, 0.05) is 43.7 Å². The fraction of sp³-hybridized carbons (Fsp3) is 0.125. The van der Waals surface area contributed by atoms with E-state index in [0.29, 0.717) is 0 Å². The molecule has 17 heavy (non-hydrogen) atoms. The van der Waals surface area contributed by atoms with Crippen LogP contribution in [0, 0.1) is 6.92 Å². The Morgan fingerprint density at radius 1 is 1.24 bits per heavy atom. The molecular weight excluding hydrogens is 228 g/mol. The second kappa shape index (κ2) is 7.65. The van der Waals surface area contributed by atoms with Gasteiger partial charge in [0.2, 0.25) is 0 Å². The zero-order valence-corrected chi connectivity index (χ0v) is 10.2. The van der Waals surface area contributed by atoms with Crippen LogP contribution in [-0.2, 0) is 0 Å². The normalized spacial score (nSPS) is 8.82. The van der Waals surface area contributed by atoms with Gasteiger partial charge in [-0.25, -0.2) is 4.79 Å². The zero-order valence-electron chi connectivity index (χ0n) is 9.43. The van der Waals surface area contributed by atoms with E-state index in [1.54, 1.807) is 12.1 Å². The third-order valence-corrected chi connectivity index (χ3v) is 2.11. The van der Waals surface area contributed by atoms with Gasteiger partial charge in [-0.2, -0.15) is 0 Å². The Labute approximate surface area is 113 Å². The lowest BCUT2D eigenvalue weighted by Gasteiger charge is -2.00. The van der Waals surface area contributed by atoms with Crippen molar-refractivity contribution in [2.24, 2.45) is 0 Å². The molecular formula is C8H7B6ClO2. The Morgan fingerprint density at radius 3 is 2.00 bits per heavy atom. The third-order valence-electron chi connectivity index (χ3n) is 1.80. The maximum atomic E-state index is 10.4. The Bertz CT molecular complexity index is 378. The molecule has 1 aromatic rings. The molecule has 0 aliphatic rings. The topological polar surface area (TPSA) is 37.3 Å². The smallest absolute Gasteiger partial charge is 0.337 e. The zero-order chi connectivity index (χ0) is 13.6. The van der Waals surface area contributed by atoms with Gasteiger partial charge >= 0.3 is 5.97 Å². The molecule has 0 amide bonds. The molecule has 0 aliphatic carbocycles. The number of hydrogen-bond donors (Lipinski definition) is 1. The minimum absolute atomic E-state index is 0.150. The second-order valence-corrected chi connectivity index (χ2v) is 3.85. The van der Waals surface area contributed by atoms with Crippen LogP contribution in [0.2, 0.25) is 5.02 Å². The molecule has 8 radical (unpaired) electrons. The Balaban J connectivity index is 0.000000366. The molecule has 1 N–H and O–H groups in total. The number of rotatable bonds is 2. The number of halogens is 1. The van der Waals surface area contributed by atoms with Crippen LogP contribution in [0.3, 0.4) is 0 Å². The molecule has 0 fully saturated rings. The maximum Gasteiger partial charge on any atom is 0.337 e. The monoisotopic (exact) mass is 236 g/mol. The molecule has 0 heterocycles. The van der Waals surface area contributed by atoms with Crippen LogP contribution in [0.25, 0.3) is 0 Å². The van der Waals surface area contributed by atoms with E-state index in [1.165, 1.54) is 6.07 Å². The summed E-state index contributed by atoms with van der Waals surface area (Å²) in [6.07, 6.45) is -1.19. The number of aromatic carboxylic acids is 1. The van der Waals surface area contributed by atoms with Crippen molar-refractivity contribution in [2.75, 3.05) is 0 Å². The molecule has 1 aromatic carbocycles. The maximum absolute atomic E-state index is 10.4. The van der Waals surface area contributed by atoms with Gasteiger partial charge in [0.1, 0.15) is 0 Å². The predicted octanol–water partition coefficient (Wildman–Crippen LogP) is 0.0618. The van der Waals surface area contributed by atoms with Gasteiger partial charge in [-0.05, 0) is 24.6 Å². The van der Waals surface area contributed by atoms with Crippen molar-refractivity contribution in [1.29, 1.82) is 0 Å². The van der Waals surface area contributed by atoms with E-state index in [-0.39, 0.29) is 10.6 Å². The number of aryl methyl sites for hydroxylation is 1. The summed E-state index contributed by atoms with van der Waals surface area (Å²) in [4.78, 5) is 10.4. The Hall–Kier alpha value is -0.630. The van der Waals surface area contributed by atoms with Gasteiger partial charge in [0.15, 0.2) is 0 Å². The van der Waals surface area contributed by atoms with Crippen LogP contribution in [0.5, 0.6) is 0 Å². The highest BCUT2D eigenvalue weighted by atomic mass is 35.5. The van der Waals surface area contributed by atoms with E-state index in [4.69, 9.17) is 47.7 Å². The summed E-state index contributed by atoms with van der Waals surface area (Å²) in [6.45, 7) is 1.86. The van der Waals surface area contributed by atoms with Crippen molar-refractivity contribution in [3.63, 3.8) is 0 Å². The highest BCUT2D eigenvalue weighted by Gasteiger charge is 2.06. The largest absolute Gasteiger partial charge is 0.478 e. The second-order valence-electron chi connectivity index (χ2n) is 3.44. The molecule has 0 bridgehead atoms. The minimum Gasteiger partial charge on any atom is -0.478 e. The number of carbonyl (C=O) groups is 1. The Kier molecular flexibility index (Phi) is 7.37. The number of benzene rings is 1. The van der Waals surface area contributed by atoms with Crippen molar-refractivity contribution in [2.45, 2.75) is 6.92 Å². The predicted molar refractivity (Wildman–Crippen MR) is 77.7 cm³/mol. The van der Waals surface area contributed by atoms with Crippen molar-refractivity contribution < 1.29 is 9.90 Å². The van der Waals surface area contributed by atoms with E-state index in [1.807, 2.05) is 6.92 Å². The van der Waals surface area contributed by atoms with E-state index >= 15 is 0 Å². The van der Waals surface area contributed by atoms with Gasteiger partial charge in [-0.1, -0.05) is 17.7 Å². The molecule has 76 valence electrons. The average Bonchev–Trinajstić information content (AvgIpc) is 2.17. The van der Waals surface area contributed by atoms with Crippen LogP contribution >= 0.6 is 11.6 Å². The molecule has 0 atom stereocenters. The SMILES string of the molecule is Cc1ccc(C(=O)O)c(Cl)c1.[B]B([B])B([B])[B]. The van der Waals surface area contributed by atoms with E-state index < -0.39 is 18.7 Å². The van der Waals surface area contributed by atoms with E-state index in [9.17, 15) is 4.79 Å². The van der Waals surface area contributed by atoms with Gasteiger partial charge < -0.3 is 5.11 Å². The van der Waals surface area contributed by atoms with Crippen LogP contribution in [0.4, 0.5) is 0 Å². The van der Waals surface area contributed by atoms with Crippen molar-refractivity contribution in [3.05, 3.63) is 34.3 Å². The third kappa shape index (κ3) is 6.62. The quantitative estimate of drug-likeness (QED) is 0.736. The summed E-state index contributed by atoms with van der Waals surface area (Å²) in [5, 5.41) is 8.86. The number of carboxylic acids is 1. The van der Waals surface area contributed by atoms with E-state index in [2.05, 4.69) is 0 Å². The van der Waals surface area contributed by atoms with Crippen molar-refractivity contribution >= 4 is 61.3 Å². The molecule has 0 aromatic heterocycles. The Morgan fingerprint density at radius 2 is 1.71 bits per heavy atom. The lowest BCUT2D eigenvalue weighted by molar-refractivity contribution is 0.0697. The molecule has 0 aliphatic heterocycles. The summed E-state index contributed by atoms with van der Waals surface area (Å²) in [5.41, 5.74) is 1.11. The summed E-state index contributed by atoms with van der Waals surface area (Å²) in [5.74, 6) is -0.991. The summed E-state index contributed by atoms with van der Waals surface area (Å²) in [6, 6.07) is 4.85. The molecule has 0 saturated heterocycles. The summed E-state index contributed by atoms with van der Waals surface area (Å²) in [7, 11) is 19.9. The highest BCUT2D eigenvalue weighted by molar-refractivity contribution is 7.76. The van der Waals surface area contributed by atoms with Gasteiger partial charge in [-0.15, -0.1) is 0 Å². The lowest BCUT2D eigenvalue weighted by atomic mass is 8.81. The highest BCUT2D eigenvalue weighted by Crippen LogP contribution is 2.16. The number of hydrogen-bond acceptors (Lipinski definition) is 1. The first-order chi connectivity index (χ1) is 7.75. The van der Waals surface area contributed by atoms with E-state index in [0.717, 1.165) is 5.56 Å². The van der Waals surface area contributed by atoms with Gasteiger partial charge in [-0.3, -0.25) is 0 Å². The molecule has 0 unspecified atom stereocenters. The van der Waals surface area contributed by atoms with Crippen molar-refractivity contribution in [1.82, 2.24) is 0 Å². The minimum atomic E-state index is -0.991. The summed E-state index contributed by atoms with van der Waals surface area (Å²) < 4.78 is 0. The van der Waals surface area contributed by atoms with Crippen LogP contribution in [0.1, 0.15) is 15.9 Å². The van der Waals surface area contributed by atoms with Crippen LogP contribution in [-0.4, -0.2) is 54.8 Å². The first-order valence-electron chi connectivity index (χ1n) is 4.77. The lowest BCUT2D eigenvalue weighted by Crippen LogP contribution is -2.38. The average molecular weight is 235 g/mol. The molecule has 0 saturated carbocycles. The first kappa shape index (κ1) is 16.4. The first-order valence-corrected chi connectivity index (χ1v) is 5.15. The number of carboxylic acid groups (broad SMARTS) is 1. The van der Waals surface area contributed by atoms with Crippen LogP contribution < -0.4 is 0 Å². The van der Waals surface area contributed by atoms with Crippen LogP contribution in [0.15, 0.2) is 18.2 Å². The van der Waals surface area contributed by atoms with Gasteiger partial charge in [0.05, 0.1) is 10.6 Å². The molecule has 9 heteroatoms.